The monoisotopic (exact) mass is 190 g/mol. The number of ether oxygens (including phenoxy) is 1. The Balaban J connectivity index is 2.82. The van der Waals surface area contributed by atoms with Crippen LogP contribution < -0.4 is 4.74 Å². The SMILES string of the molecule is C=CCOc1ccc(O)c(CC=C)c1. The van der Waals surface area contributed by atoms with Gasteiger partial charge in [-0.25, -0.2) is 0 Å². The van der Waals surface area contributed by atoms with Gasteiger partial charge in [0.05, 0.1) is 0 Å². The molecule has 2 heteroatoms. The van der Waals surface area contributed by atoms with Crippen LogP contribution in [0.2, 0.25) is 0 Å². The summed E-state index contributed by atoms with van der Waals surface area (Å²) in [4.78, 5) is 0. The van der Waals surface area contributed by atoms with Gasteiger partial charge in [-0.05, 0) is 24.6 Å². The highest BCUT2D eigenvalue weighted by atomic mass is 16.5. The van der Waals surface area contributed by atoms with Crippen molar-refractivity contribution in [1.29, 1.82) is 0 Å². The summed E-state index contributed by atoms with van der Waals surface area (Å²) in [7, 11) is 0. The van der Waals surface area contributed by atoms with Crippen LogP contribution >= 0.6 is 0 Å². The molecule has 0 unspecified atom stereocenters. The lowest BCUT2D eigenvalue weighted by Gasteiger charge is -2.06. The molecule has 0 fully saturated rings. The second kappa shape index (κ2) is 5.12. The number of phenolic OH excluding ortho intramolecular Hbond substituents is 1. The van der Waals surface area contributed by atoms with Gasteiger partial charge in [-0.2, -0.15) is 0 Å². The molecule has 0 amide bonds. The highest BCUT2D eigenvalue weighted by Crippen LogP contribution is 2.23. The van der Waals surface area contributed by atoms with Crippen LogP contribution in [0.1, 0.15) is 5.56 Å². The minimum Gasteiger partial charge on any atom is -0.508 e. The Bertz CT molecular complexity index is 329. The molecule has 0 aliphatic rings. The van der Waals surface area contributed by atoms with E-state index in [-0.39, 0.29) is 5.75 Å². The van der Waals surface area contributed by atoms with Gasteiger partial charge >= 0.3 is 0 Å². The Morgan fingerprint density at radius 3 is 2.71 bits per heavy atom. The van der Waals surface area contributed by atoms with Gasteiger partial charge in [0.1, 0.15) is 18.1 Å². The lowest BCUT2D eigenvalue weighted by Crippen LogP contribution is -1.93. The topological polar surface area (TPSA) is 29.5 Å². The molecule has 1 aromatic rings. The molecule has 74 valence electrons. The van der Waals surface area contributed by atoms with Crippen molar-refractivity contribution in [2.45, 2.75) is 6.42 Å². The normalized spacial score (nSPS) is 9.43. The fraction of sp³-hybridized carbons (Fsp3) is 0.167. The standard InChI is InChI=1S/C12H14O2/c1-3-5-10-9-11(14-8-4-2)6-7-12(10)13/h3-4,6-7,9,13H,1-2,5,8H2. The molecular weight excluding hydrogens is 176 g/mol. The van der Waals surface area contributed by atoms with E-state index in [0.29, 0.717) is 13.0 Å². The van der Waals surface area contributed by atoms with E-state index in [1.54, 1.807) is 30.4 Å². The molecule has 0 heterocycles. The lowest BCUT2D eigenvalue weighted by atomic mass is 10.1. The van der Waals surface area contributed by atoms with Crippen molar-refractivity contribution in [3.05, 3.63) is 49.1 Å². The molecule has 0 aliphatic carbocycles. The van der Waals surface area contributed by atoms with Gasteiger partial charge < -0.3 is 9.84 Å². The van der Waals surface area contributed by atoms with Crippen LogP contribution in [-0.2, 0) is 6.42 Å². The summed E-state index contributed by atoms with van der Waals surface area (Å²) in [5.74, 6) is 1.01. The molecule has 0 spiro atoms. The predicted molar refractivity (Wildman–Crippen MR) is 57.7 cm³/mol. The van der Waals surface area contributed by atoms with Crippen molar-refractivity contribution in [3.63, 3.8) is 0 Å². The first-order chi connectivity index (χ1) is 6.77. The highest BCUT2D eigenvalue weighted by Gasteiger charge is 2.01. The van der Waals surface area contributed by atoms with Crippen molar-refractivity contribution in [1.82, 2.24) is 0 Å². The predicted octanol–water partition coefficient (Wildman–Crippen LogP) is 2.69. The van der Waals surface area contributed by atoms with Gasteiger partial charge in [0.2, 0.25) is 0 Å². The molecule has 0 aliphatic heterocycles. The van der Waals surface area contributed by atoms with Crippen molar-refractivity contribution in [3.8, 4) is 11.5 Å². The summed E-state index contributed by atoms with van der Waals surface area (Å²) in [5, 5.41) is 9.47. The second-order valence-corrected chi connectivity index (χ2v) is 2.88. The number of hydrogen-bond donors (Lipinski definition) is 1. The van der Waals surface area contributed by atoms with Crippen molar-refractivity contribution in [2.75, 3.05) is 6.61 Å². The number of allylic oxidation sites excluding steroid dienone is 1. The third-order valence-electron chi connectivity index (χ3n) is 1.78. The van der Waals surface area contributed by atoms with Crippen LogP contribution in [0, 0.1) is 0 Å². The van der Waals surface area contributed by atoms with E-state index in [4.69, 9.17) is 4.74 Å². The van der Waals surface area contributed by atoms with Crippen LogP contribution in [0.25, 0.3) is 0 Å². The third kappa shape index (κ3) is 2.66. The number of aromatic hydroxyl groups is 1. The average molecular weight is 190 g/mol. The van der Waals surface area contributed by atoms with Gasteiger partial charge in [-0.3, -0.25) is 0 Å². The summed E-state index contributed by atoms with van der Waals surface area (Å²) in [6.45, 7) is 7.65. The summed E-state index contributed by atoms with van der Waals surface area (Å²) in [5.41, 5.74) is 0.821. The lowest BCUT2D eigenvalue weighted by molar-refractivity contribution is 0.361. The Hall–Kier alpha value is -1.70. The molecule has 0 atom stereocenters. The van der Waals surface area contributed by atoms with E-state index < -0.39 is 0 Å². The first-order valence-electron chi connectivity index (χ1n) is 4.44. The number of benzene rings is 1. The molecule has 14 heavy (non-hydrogen) atoms. The maximum atomic E-state index is 9.47. The summed E-state index contributed by atoms with van der Waals surface area (Å²) >= 11 is 0. The highest BCUT2D eigenvalue weighted by molar-refractivity contribution is 5.40. The van der Waals surface area contributed by atoms with Crippen LogP contribution in [0.4, 0.5) is 0 Å². The number of hydrogen-bond acceptors (Lipinski definition) is 2. The van der Waals surface area contributed by atoms with E-state index >= 15 is 0 Å². The minimum absolute atomic E-state index is 0.274. The summed E-state index contributed by atoms with van der Waals surface area (Å²) in [6, 6.07) is 5.16. The third-order valence-corrected chi connectivity index (χ3v) is 1.78. The van der Waals surface area contributed by atoms with Crippen LogP contribution in [0.15, 0.2) is 43.5 Å². The van der Waals surface area contributed by atoms with Crippen LogP contribution in [0.3, 0.4) is 0 Å². The van der Waals surface area contributed by atoms with Crippen LogP contribution in [0.5, 0.6) is 11.5 Å². The Morgan fingerprint density at radius 1 is 1.29 bits per heavy atom. The maximum absolute atomic E-state index is 9.47. The van der Waals surface area contributed by atoms with Gasteiger partial charge in [0.15, 0.2) is 0 Å². The molecule has 1 rings (SSSR count). The van der Waals surface area contributed by atoms with E-state index in [0.717, 1.165) is 11.3 Å². The molecule has 2 nitrogen and oxygen atoms in total. The molecule has 0 saturated carbocycles. The number of phenols is 1. The van der Waals surface area contributed by atoms with E-state index in [2.05, 4.69) is 13.2 Å². The molecule has 0 saturated heterocycles. The van der Waals surface area contributed by atoms with Gasteiger partial charge in [-0.1, -0.05) is 18.7 Å². The summed E-state index contributed by atoms with van der Waals surface area (Å²) < 4.78 is 5.33. The molecule has 0 aromatic heterocycles. The van der Waals surface area contributed by atoms with E-state index in [1.807, 2.05) is 0 Å². The zero-order valence-electron chi connectivity index (χ0n) is 8.07. The average Bonchev–Trinajstić information content (AvgIpc) is 2.19. The largest absolute Gasteiger partial charge is 0.508 e. The van der Waals surface area contributed by atoms with Crippen LogP contribution in [-0.4, -0.2) is 11.7 Å². The Labute approximate surface area is 84.1 Å². The van der Waals surface area contributed by atoms with Crippen molar-refractivity contribution < 1.29 is 9.84 Å². The zero-order valence-corrected chi connectivity index (χ0v) is 8.07. The fourth-order valence-electron chi connectivity index (χ4n) is 1.13. The van der Waals surface area contributed by atoms with Gasteiger partial charge in [-0.15, -0.1) is 6.58 Å². The van der Waals surface area contributed by atoms with Gasteiger partial charge in [0, 0.05) is 5.56 Å². The Kier molecular flexibility index (Phi) is 3.80. The molecule has 1 N–H and O–H groups in total. The van der Waals surface area contributed by atoms with Crippen molar-refractivity contribution in [2.24, 2.45) is 0 Å². The van der Waals surface area contributed by atoms with E-state index in [9.17, 15) is 5.11 Å². The first kappa shape index (κ1) is 10.4. The molecule has 1 aromatic carbocycles. The van der Waals surface area contributed by atoms with Gasteiger partial charge in [0.25, 0.3) is 0 Å². The maximum Gasteiger partial charge on any atom is 0.120 e. The quantitative estimate of drug-likeness (QED) is 0.723. The fourth-order valence-corrected chi connectivity index (χ4v) is 1.13. The number of rotatable bonds is 5. The zero-order chi connectivity index (χ0) is 10.4. The second-order valence-electron chi connectivity index (χ2n) is 2.88. The Morgan fingerprint density at radius 2 is 2.07 bits per heavy atom. The first-order valence-corrected chi connectivity index (χ1v) is 4.44. The molecule has 0 radical (unpaired) electrons. The minimum atomic E-state index is 0.274. The molecule has 0 bridgehead atoms. The summed E-state index contributed by atoms with van der Waals surface area (Å²) in [6.07, 6.45) is 4.06. The van der Waals surface area contributed by atoms with E-state index in [1.165, 1.54) is 0 Å². The smallest absolute Gasteiger partial charge is 0.120 e. The van der Waals surface area contributed by atoms with Crippen molar-refractivity contribution >= 4 is 0 Å². The molecular formula is C12H14O2.